The first-order chi connectivity index (χ1) is 7.27. The average molecular weight is 205 g/mol. The summed E-state index contributed by atoms with van der Waals surface area (Å²) in [5, 5.41) is 0. The van der Waals surface area contributed by atoms with Gasteiger partial charge in [0.15, 0.2) is 0 Å². The van der Waals surface area contributed by atoms with Crippen molar-refractivity contribution in [2.24, 2.45) is 5.73 Å². The number of nitrogens with zero attached hydrogens (tertiary/aromatic N) is 2. The largest absolute Gasteiger partial charge is 0.328 e. The van der Waals surface area contributed by atoms with Crippen LogP contribution in [0, 0.1) is 0 Å². The standard InChI is InChI=1S/C12H19N3/c1-10(11-2-6-14-7-3-11)15-8-4-12(13)5-9-15/h2-3,6-7,10,12H,4-5,8-9,13H2,1H3. The fraction of sp³-hybridized carbons (Fsp3) is 0.583. The van der Waals surface area contributed by atoms with Crippen LogP contribution >= 0.6 is 0 Å². The van der Waals surface area contributed by atoms with E-state index in [1.54, 1.807) is 0 Å². The Hall–Kier alpha value is -0.930. The highest BCUT2D eigenvalue weighted by molar-refractivity contribution is 5.14. The molecule has 1 aliphatic heterocycles. The lowest BCUT2D eigenvalue weighted by Crippen LogP contribution is -2.40. The molecule has 2 heterocycles. The summed E-state index contributed by atoms with van der Waals surface area (Å²) < 4.78 is 0. The molecule has 3 nitrogen and oxygen atoms in total. The van der Waals surface area contributed by atoms with Crippen LogP contribution in [0.15, 0.2) is 24.5 Å². The molecule has 1 fully saturated rings. The number of hydrogen-bond donors (Lipinski definition) is 1. The van der Waals surface area contributed by atoms with Crippen LogP contribution in [0.1, 0.15) is 31.4 Å². The molecule has 3 heteroatoms. The molecule has 0 saturated carbocycles. The van der Waals surface area contributed by atoms with Gasteiger partial charge in [-0.05, 0) is 37.5 Å². The first-order valence-corrected chi connectivity index (χ1v) is 5.67. The summed E-state index contributed by atoms with van der Waals surface area (Å²) in [5.41, 5.74) is 7.25. The number of rotatable bonds is 2. The highest BCUT2D eigenvalue weighted by Gasteiger charge is 2.21. The Morgan fingerprint density at radius 2 is 1.93 bits per heavy atom. The van der Waals surface area contributed by atoms with Crippen LogP contribution in [0.5, 0.6) is 0 Å². The summed E-state index contributed by atoms with van der Waals surface area (Å²) in [7, 11) is 0. The Morgan fingerprint density at radius 1 is 1.33 bits per heavy atom. The van der Waals surface area contributed by atoms with Crippen LogP contribution in [0.25, 0.3) is 0 Å². The predicted molar refractivity (Wildman–Crippen MR) is 61.4 cm³/mol. The number of piperidine rings is 1. The molecular formula is C12H19N3. The summed E-state index contributed by atoms with van der Waals surface area (Å²) >= 11 is 0. The number of hydrogen-bond acceptors (Lipinski definition) is 3. The van der Waals surface area contributed by atoms with Crippen LogP contribution < -0.4 is 5.73 Å². The lowest BCUT2D eigenvalue weighted by molar-refractivity contribution is 0.163. The third-order valence-electron chi connectivity index (χ3n) is 3.31. The Bertz CT molecular complexity index is 291. The molecule has 1 saturated heterocycles. The Kier molecular flexibility index (Phi) is 3.34. The third kappa shape index (κ3) is 2.55. The fourth-order valence-electron chi connectivity index (χ4n) is 2.16. The van der Waals surface area contributed by atoms with Gasteiger partial charge >= 0.3 is 0 Å². The highest BCUT2D eigenvalue weighted by Crippen LogP contribution is 2.22. The van der Waals surface area contributed by atoms with Crippen molar-refractivity contribution in [1.82, 2.24) is 9.88 Å². The second-order valence-electron chi connectivity index (χ2n) is 4.33. The first kappa shape index (κ1) is 10.6. The van der Waals surface area contributed by atoms with Crippen molar-refractivity contribution in [1.29, 1.82) is 0 Å². The Balaban J connectivity index is 1.99. The first-order valence-electron chi connectivity index (χ1n) is 5.67. The van der Waals surface area contributed by atoms with Crippen molar-refractivity contribution in [3.05, 3.63) is 30.1 Å². The van der Waals surface area contributed by atoms with Gasteiger partial charge in [0, 0.05) is 37.6 Å². The van der Waals surface area contributed by atoms with E-state index in [4.69, 9.17) is 5.73 Å². The average Bonchev–Trinajstić information content (AvgIpc) is 2.30. The van der Waals surface area contributed by atoms with E-state index in [9.17, 15) is 0 Å². The molecule has 0 aliphatic carbocycles. The highest BCUT2D eigenvalue weighted by atomic mass is 15.2. The number of aromatic nitrogens is 1. The molecule has 1 aromatic heterocycles. The van der Waals surface area contributed by atoms with Crippen molar-refractivity contribution in [2.45, 2.75) is 31.8 Å². The van der Waals surface area contributed by atoms with Gasteiger partial charge in [-0.3, -0.25) is 9.88 Å². The monoisotopic (exact) mass is 205 g/mol. The van der Waals surface area contributed by atoms with E-state index in [1.165, 1.54) is 5.56 Å². The van der Waals surface area contributed by atoms with Crippen molar-refractivity contribution in [2.75, 3.05) is 13.1 Å². The minimum Gasteiger partial charge on any atom is -0.328 e. The quantitative estimate of drug-likeness (QED) is 0.797. The normalized spacial score (nSPS) is 21.5. The minimum absolute atomic E-state index is 0.408. The molecule has 1 atom stereocenters. The molecule has 1 aliphatic rings. The predicted octanol–water partition coefficient (Wildman–Crippen LogP) is 1.57. The molecule has 82 valence electrons. The summed E-state index contributed by atoms with van der Waals surface area (Å²) in [5.74, 6) is 0. The van der Waals surface area contributed by atoms with E-state index in [1.807, 2.05) is 12.4 Å². The second-order valence-corrected chi connectivity index (χ2v) is 4.33. The SMILES string of the molecule is CC(c1ccncc1)N1CCC(N)CC1. The van der Waals surface area contributed by atoms with Gasteiger partial charge in [-0.1, -0.05) is 0 Å². The summed E-state index contributed by atoms with van der Waals surface area (Å²) in [4.78, 5) is 6.55. The minimum atomic E-state index is 0.408. The molecule has 15 heavy (non-hydrogen) atoms. The van der Waals surface area contributed by atoms with Gasteiger partial charge in [0.25, 0.3) is 0 Å². The van der Waals surface area contributed by atoms with Crippen molar-refractivity contribution in [3.8, 4) is 0 Å². The number of nitrogens with two attached hydrogens (primary N) is 1. The van der Waals surface area contributed by atoms with E-state index >= 15 is 0 Å². The van der Waals surface area contributed by atoms with Crippen LogP contribution in [-0.4, -0.2) is 29.0 Å². The molecule has 2 N–H and O–H groups in total. The van der Waals surface area contributed by atoms with Crippen LogP contribution in [0.2, 0.25) is 0 Å². The van der Waals surface area contributed by atoms with Gasteiger partial charge in [0.1, 0.15) is 0 Å². The second kappa shape index (κ2) is 4.73. The van der Waals surface area contributed by atoms with E-state index in [2.05, 4.69) is 28.9 Å². The maximum Gasteiger partial charge on any atom is 0.0321 e. The maximum atomic E-state index is 5.90. The third-order valence-corrected chi connectivity index (χ3v) is 3.31. The summed E-state index contributed by atoms with van der Waals surface area (Å²) in [6.07, 6.45) is 5.97. The number of likely N-dealkylation sites (tertiary alicyclic amines) is 1. The van der Waals surface area contributed by atoms with Gasteiger partial charge in [0.05, 0.1) is 0 Å². The molecule has 0 bridgehead atoms. The molecule has 2 rings (SSSR count). The zero-order valence-corrected chi connectivity index (χ0v) is 9.26. The summed E-state index contributed by atoms with van der Waals surface area (Å²) in [6, 6.07) is 5.09. The smallest absolute Gasteiger partial charge is 0.0321 e. The zero-order valence-electron chi connectivity index (χ0n) is 9.26. The van der Waals surface area contributed by atoms with E-state index in [0.717, 1.165) is 25.9 Å². The van der Waals surface area contributed by atoms with Gasteiger partial charge in [-0.25, -0.2) is 0 Å². The number of pyridine rings is 1. The van der Waals surface area contributed by atoms with Crippen LogP contribution in [0.4, 0.5) is 0 Å². The van der Waals surface area contributed by atoms with E-state index in [0.29, 0.717) is 12.1 Å². The zero-order chi connectivity index (χ0) is 10.7. The van der Waals surface area contributed by atoms with Crippen molar-refractivity contribution < 1.29 is 0 Å². The molecule has 0 radical (unpaired) electrons. The lowest BCUT2D eigenvalue weighted by atomic mass is 10.0. The van der Waals surface area contributed by atoms with Gasteiger partial charge in [0.2, 0.25) is 0 Å². The van der Waals surface area contributed by atoms with Gasteiger partial charge in [-0.2, -0.15) is 0 Å². The fourth-order valence-corrected chi connectivity index (χ4v) is 2.16. The van der Waals surface area contributed by atoms with Crippen LogP contribution in [0.3, 0.4) is 0 Å². The van der Waals surface area contributed by atoms with E-state index < -0.39 is 0 Å². The lowest BCUT2D eigenvalue weighted by Gasteiger charge is -2.34. The Morgan fingerprint density at radius 3 is 2.53 bits per heavy atom. The molecular weight excluding hydrogens is 186 g/mol. The van der Waals surface area contributed by atoms with Crippen molar-refractivity contribution >= 4 is 0 Å². The molecule has 0 aromatic carbocycles. The Labute approximate surface area is 91.3 Å². The van der Waals surface area contributed by atoms with Crippen LogP contribution in [-0.2, 0) is 0 Å². The van der Waals surface area contributed by atoms with E-state index in [-0.39, 0.29) is 0 Å². The molecule has 1 aromatic rings. The van der Waals surface area contributed by atoms with Gasteiger partial charge < -0.3 is 5.73 Å². The summed E-state index contributed by atoms with van der Waals surface area (Å²) in [6.45, 7) is 4.49. The molecule has 1 unspecified atom stereocenters. The molecule has 0 spiro atoms. The molecule has 0 amide bonds. The van der Waals surface area contributed by atoms with Crippen molar-refractivity contribution in [3.63, 3.8) is 0 Å². The maximum absolute atomic E-state index is 5.90. The van der Waals surface area contributed by atoms with Gasteiger partial charge in [-0.15, -0.1) is 0 Å². The topological polar surface area (TPSA) is 42.2 Å².